The highest BCUT2D eigenvalue weighted by Crippen LogP contribution is 2.42. The molecule has 0 amide bonds. The summed E-state index contributed by atoms with van der Waals surface area (Å²) in [5, 5.41) is 38.4. The molecule has 0 N–H and O–H groups in total. The average molecular weight is 699 g/mol. The Labute approximate surface area is 291 Å². The molecule has 0 saturated heterocycles. The number of rotatable bonds is 16. The molecule has 0 aliphatic carbocycles. The minimum atomic E-state index is 0.546. The van der Waals surface area contributed by atoms with Crippen LogP contribution in [0.2, 0.25) is 0 Å². The van der Waals surface area contributed by atoms with Crippen LogP contribution in [-0.2, 0) is 26.2 Å². The van der Waals surface area contributed by atoms with Crippen LogP contribution in [0.4, 0.5) is 0 Å². The van der Waals surface area contributed by atoms with E-state index in [1.807, 2.05) is 18.3 Å². The standard InChI is InChI=1S/C30H42N12S4/c1-5-9-13-39-23(31-35-27(39)43)19-17-21(25-33-37-29(45)41(25)15-11-7-3)22(26-34-38-30(46)42(26)16-12-8-4)18-20(19)24-32-36-28(44)40(24)14-10-6-2/h17-18H,5-16H2,1-4H3,(H,35,43)(H,36,44)(H,37,45)(H,38,46). The van der Waals surface area contributed by atoms with Crippen molar-refractivity contribution in [2.24, 2.45) is 0 Å². The fourth-order valence-corrected chi connectivity index (χ4v) is 6.36. The molecule has 1 aromatic carbocycles. The molecule has 12 nitrogen and oxygen atoms in total. The van der Waals surface area contributed by atoms with Gasteiger partial charge in [0.15, 0.2) is 43.9 Å². The highest BCUT2D eigenvalue weighted by atomic mass is 32.1. The van der Waals surface area contributed by atoms with Crippen molar-refractivity contribution >= 4 is 50.5 Å². The van der Waals surface area contributed by atoms with Crippen molar-refractivity contribution in [3.8, 4) is 45.6 Å². The van der Waals surface area contributed by atoms with Gasteiger partial charge in [-0.25, -0.2) is 0 Å². The fourth-order valence-electron chi connectivity index (χ4n) is 5.40. The van der Waals surface area contributed by atoms with Crippen molar-refractivity contribution < 1.29 is 0 Å². The van der Waals surface area contributed by atoms with Crippen LogP contribution in [0.3, 0.4) is 0 Å². The quantitative estimate of drug-likeness (QED) is 0.0807. The van der Waals surface area contributed by atoms with E-state index >= 15 is 0 Å². The fraction of sp³-hybridized carbons (Fsp3) is 0.533. The van der Waals surface area contributed by atoms with E-state index in [1.165, 1.54) is 0 Å². The van der Waals surface area contributed by atoms with E-state index in [9.17, 15) is 0 Å². The molecule has 46 heavy (non-hydrogen) atoms. The van der Waals surface area contributed by atoms with Gasteiger partial charge in [-0.1, -0.05) is 53.4 Å². The second kappa shape index (κ2) is 15.8. The maximum Gasteiger partial charge on any atom is 0.188 e. The number of nitrogens with zero attached hydrogens (tertiary/aromatic N) is 12. The van der Waals surface area contributed by atoms with Gasteiger partial charge in [0.05, 0.1) is 0 Å². The van der Waals surface area contributed by atoms with Gasteiger partial charge >= 0.3 is 0 Å². The molecule has 0 saturated carbocycles. The van der Waals surface area contributed by atoms with Crippen LogP contribution in [0.15, 0.2) is 32.8 Å². The summed E-state index contributed by atoms with van der Waals surface area (Å²) in [4.78, 5) is 0. The van der Waals surface area contributed by atoms with Crippen molar-refractivity contribution in [3.63, 3.8) is 0 Å². The Balaban J connectivity index is 1.88. The molecule has 0 aliphatic rings. The molecular formula is C30H42N12S4. The topological polar surface area (TPSA) is 123 Å². The predicted octanol–water partition coefficient (Wildman–Crippen LogP) is 7.08. The molecule has 0 fully saturated rings. The number of aromatic nitrogens is 12. The lowest BCUT2D eigenvalue weighted by atomic mass is 9.95. The maximum absolute atomic E-state index is 4.69. The largest absolute Gasteiger partial charge is 0.302 e. The lowest BCUT2D eigenvalue weighted by molar-refractivity contribution is 0.590. The van der Waals surface area contributed by atoms with Gasteiger partial charge < -0.3 is 18.3 Å². The SMILES string of the molecule is CCCCn1c(S)nnc1-c1cc(-c2nnc(S)n2CCCC)c(-c2nnc(S)n2CCCC)cc1-c1nnc(S)n1CCCC. The van der Waals surface area contributed by atoms with Crippen LogP contribution in [0, 0.1) is 0 Å². The molecule has 16 heteroatoms. The van der Waals surface area contributed by atoms with Gasteiger partial charge in [0.2, 0.25) is 0 Å². The molecular weight excluding hydrogens is 657 g/mol. The van der Waals surface area contributed by atoms with Crippen LogP contribution in [0.5, 0.6) is 0 Å². The summed E-state index contributed by atoms with van der Waals surface area (Å²) in [6, 6.07) is 4.19. The molecule has 4 heterocycles. The Bertz CT molecular complexity index is 1520. The van der Waals surface area contributed by atoms with Crippen LogP contribution >= 0.6 is 50.5 Å². The lowest BCUT2D eigenvalue weighted by Gasteiger charge is -2.18. The summed E-state index contributed by atoms with van der Waals surface area (Å²) >= 11 is 18.8. The van der Waals surface area contributed by atoms with Crippen molar-refractivity contribution in [1.82, 2.24) is 59.1 Å². The van der Waals surface area contributed by atoms with Crippen LogP contribution in [0.25, 0.3) is 45.6 Å². The van der Waals surface area contributed by atoms with Crippen LogP contribution < -0.4 is 0 Å². The minimum absolute atomic E-state index is 0.546. The normalized spacial score (nSPS) is 11.7. The summed E-state index contributed by atoms with van der Waals surface area (Å²) in [5.41, 5.74) is 3.27. The highest BCUT2D eigenvalue weighted by molar-refractivity contribution is 7.80. The molecule has 0 spiro atoms. The lowest BCUT2D eigenvalue weighted by Crippen LogP contribution is -2.09. The highest BCUT2D eigenvalue weighted by Gasteiger charge is 2.28. The summed E-state index contributed by atoms with van der Waals surface area (Å²) in [7, 11) is 0. The summed E-state index contributed by atoms with van der Waals surface area (Å²) in [6.45, 7) is 11.5. The first kappa shape index (κ1) is 34.5. The molecule has 0 bridgehead atoms. The monoisotopic (exact) mass is 698 g/mol. The Morgan fingerprint density at radius 2 is 0.609 bits per heavy atom. The van der Waals surface area contributed by atoms with Gasteiger partial charge in [0, 0.05) is 48.4 Å². The summed E-state index contributed by atoms with van der Waals surface area (Å²) in [5.74, 6) is 2.72. The summed E-state index contributed by atoms with van der Waals surface area (Å²) < 4.78 is 8.19. The number of hydrogen-bond acceptors (Lipinski definition) is 12. The Morgan fingerprint density at radius 3 is 0.804 bits per heavy atom. The Hall–Kier alpha value is -2.82. The van der Waals surface area contributed by atoms with E-state index in [0.717, 1.165) is 99.8 Å². The third-order valence-corrected chi connectivity index (χ3v) is 9.31. The first-order chi connectivity index (χ1) is 22.3. The molecule has 0 atom stereocenters. The third kappa shape index (κ3) is 7.04. The third-order valence-electron chi connectivity index (χ3n) is 7.99. The van der Waals surface area contributed by atoms with Gasteiger partial charge in [-0.05, 0) is 37.8 Å². The van der Waals surface area contributed by atoms with Crippen molar-refractivity contribution in [1.29, 1.82) is 0 Å². The number of unbranched alkanes of at least 4 members (excludes halogenated alkanes) is 4. The van der Waals surface area contributed by atoms with Crippen molar-refractivity contribution in [2.45, 2.75) is 126 Å². The molecule has 0 aliphatic heterocycles. The van der Waals surface area contributed by atoms with Crippen LogP contribution in [0.1, 0.15) is 79.1 Å². The molecule has 0 unspecified atom stereocenters. The van der Waals surface area contributed by atoms with E-state index < -0.39 is 0 Å². The van der Waals surface area contributed by atoms with Gasteiger partial charge in [-0.3, -0.25) is 0 Å². The Morgan fingerprint density at radius 1 is 0.391 bits per heavy atom. The van der Waals surface area contributed by atoms with Crippen LogP contribution in [-0.4, -0.2) is 59.1 Å². The first-order valence-electron chi connectivity index (χ1n) is 16.0. The van der Waals surface area contributed by atoms with E-state index in [-0.39, 0.29) is 0 Å². The van der Waals surface area contributed by atoms with E-state index in [2.05, 4.69) is 80.6 Å². The van der Waals surface area contributed by atoms with Gasteiger partial charge in [-0.15, -0.1) is 91.3 Å². The second-order valence-corrected chi connectivity index (χ2v) is 12.9. The zero-order valence-electron chi connectivity index (χ0n) is 26.8. The molecule has 5 rings (SSSR count). The molecule has 5 aromatic rings. The van der Waals surface area contributed by atoms with E-state index in [4.69, 9.17) is 50.5 Å². The number of benzene rings is 1. The summed E-state index contributed by atoms with van der Waals surface area (Å²) in [6.07, 6.45) is 7.86. The number of hydrogen-bond donors (Lipinski definition) is 4. The van der Waals surface area contributed by atoms with Gasteiger partial charge in [-0.2, -0.15) is 0 Å². The maximum atomic E-state index is 4.69. The van der Waals surface area contributed by atoms with Crippen molar-refractivity contribution in [2.75, 3.05) is 0 Å². The molecule has 246 valence electrons. The second-order valence-electron chi connectivity index (χ2n) is 11.3. The van der Waals surface area contributed by atoms with Gasteiger partial charge in [0.25, 0.3) is 0 Å². The zero-order valence-corrected chi connectivity index (χ0v) is 30.4. The predicted molar refractivity (Wildman–Crippen MR) is 191 cm³/mol. The molecule has 4 aromatic heterocycles. The van der Waals surface area contributed by atoms with Crippen molar-refractivity contribution in [3.05, 3.63) is 12.1 Å². The average Bonchev–Trinajstić information content (AvgIpc) is 3.82. The van der Waals surface area contributed by atoms with E-state index in [0.29, 0.717) is 43.9 Å². The molecule has 0 radical (unpaired) electrons. The van der Waals surface area contributed by atoms with Gasteiger partial charge in [0.1, 0.15) is 0 Å². The zero-order chi connectivity index (χ0) is 32.8. The minimum Gasteiger partial charge on any atom is -0.302 e. The smallest absolute Gasteiger partial charge is 0.188 e. The van der Waals surface area contributed by atoms with E-state index in [1.54, 1.807) is 0 Å². The number of thiol groups is 4. The Kier molecular flexibility index (Phi) is 11.9. The first-order valence-corrected chi connectivity index (χ1v) is 17.8.